The van der Waals surface area contributed by atoms with Crippen molar-refractivity contribution in [1.29, 1.82) is 0 Å². The van der Waals surface area contributed by atoms with Gasteiger partial charge in [-0.2, -0.15) is 0 Å². The Labute approximate surface area is 61.4 Å². The summed E-state index contributed by atoms with van der Waals surface area (Å²) < 4.78 is 0. The molecule has 1 unspecified atom stereocenters. The van der Waals surface area contributed by atoms with Gasteiger partial charge in [-0.25, -0.2) is 5.01 Å². The van der Waals surface area contributed by atoms with Crippen LogP contribution in [-0.4, -0.2) is 29.7 Å². The number of allylic oxidation sites excluding steroid dienone is 2. The summed E-state index contributed by atoms with van der Waals surface area (Å²) >= 11 is 0. The van der Waals surface area contributed by atoms with E-state index in [0.29, 0.717) is 6.04 Å². The highest BCUT2D eigenvalue weighted by Crippen LogP contribution is 2.20. The first-order valence-corrected chi connectivity index (χ1v) is 3.72. The van der Waals surface area contributed by atoms with E-state index in [-0.39, 0.29) is 0 Å². The molecule has 2 rings (SSSR count). The molecule has 2 aliphatic rings. The van der Waals surface area contributed by atoms with Crippen LogP contribution in [-0.2, 0) is 0 Å². The zero-order valence-corrected chi connectivity index (χ0v) is 6.20. The Morgan fingerprint density at radius 2 is 2.30 bits per heavy atom. The molecule has 0 spiro atoms. The summed E-state index contributed by atoms with van der Waals surface area (Å²) in [4.78, 5) is 0. The summed E-state index contributed by atoms with van der Waals surface area (Å²) in [5, 5.41) is 4.53. The Morgan fingerprint density at radius 3 is 3.10 bits per heavy atom. The number of fused-ring (bicyclic) bond motifs is 1. The fourth-order valence-corrected chi connectivity index (χ4v) is 1.56. The average molecular weight is 136 g/mol. The van der Waals surface area contributed by atoms with Crippen LogP contribution in [0.25, 0.3) is 0 Å². The molecular formula is C8H12N2. The predicted molar refractivity (Wildman–Crippen MR) is 41.2 cm³/mol. The van der Waals surface area contributed by atoms with E-state index in [4.69, 9.17) is 0 Å². The highest BCUT2D eigenvalue weighted by Gasteiger charge is 2.24. The van der Waals surface area contributed by atoms with Gasteiger partial charge in [-0.1, -0.05) is 12.2 Å². The van der Waals surface area contributed by atoms with Crippen molar-refractivity contribution >= 4 is 0 Å². The van der Waals surface area contributed by atoms with Crippen molar-refractivity contribution < 1.29 is 0 Å². The van der Waals surface area contributed by atoms with Crippen molar-refractivity contribution in [1.82, 2.24) is 10.0 Å². The van der Waals surface area contributed by atoms with Gasteiger partial charge in [-0.05, 0) is 12.5 Å². The molecule has 10 heavy (non-hydrogen) atoms. The van der Waals surface area contributed by atoms with Gasteiger partial charge in [0.25, 0.3) is 0 Å². The van der Waals surface area contributed by atoms with Crippen LogP contribution >= 0.6 is 0 Å². The lowest BCUT2D eigenvalue weighted by Crippen LogP contribution is -2.33. The number of hydrogen-bond acceptors (Lipinski definition) is 2. The zero-order valence-electron chi connectivity index (χ0n) is 6.20. The van der Waals surface area contributed by atoms with Gasteiger partial charge in [0.1, 0.15) is 0 Å². The molecule has 2 heteroatoms. The zero-order chi connectivity index (χ0) is 6.97. The summed E-state index contributed by atoms with van der Waals surface area (Å²) in [7, 11) is 2.13. The van der Waals surface area contributed by atoms with Crippen molar-refractivity contribution in [3.05, 3.63) is 24.4 Å². The van der Waals surface area contributed by atoms with Crippen LogP contribution in [0.1, 0.15) is 6.42 Å². The van der Waals surface area contributed by atoms with Crippen LogP contribution < -0.4 is 0 Å². The molecule has 0 aromatic rings. The van der Waals surface area contributed by atoms with Crippen molar-refractivity contribution in [3.8, 4) is 0 Å². The minimum absolute atomic E-state index is 0.634. The lowest BCUT2D eigenvalue weighted by Gasteiger charge is -2.27. The van der Waals surface area contributed by atoms with Crippen LogP contribution in [0.4, 0.5) is 0 Å². The summed E-state index contributed by atoms with van der Waals surface area (Å²) in [6, 6.07) is 0.634. The van der Waals surface area contributed by atoms with E-state index in [1.807, 2.05) is 0 Å². The van der Waals surface area contributed by atoms with E-state index in [1.165, 1.54) is 13.0 Å². The second kappa shape index (κ2) is 2.13. The van der Waals surface area contributed by atoms with Gasteiger partial charge in [0.15, 0.2) is 0 Å². The molecule has 0 aliphatic carbocycles. The average Bonchev–Trinajstić information content (AvgIpc) is 2.34. The van der Waals surface area contributed by atoms with Crippen molar-refractivity contribution in [3.63, 3.8) is 0 Å². The smallest absolute Gasteiger partial charge is 0.0646 e. The van der Waals surface area contributed by atoms with Crippen molar-refractivity contribution in [2.24, 2.45) is 0 Å². The van der Waals surface area contributed by atoms with Crippen LogP contribution in [0.3, 0.4) is 0 Å². The quantitative estimate of drug-likeness (QED) is 0.490. The number of rotatable bonds is 0. The Hall–Kier alpha value is -0.760. The van der Waals surface area contributed by atoms with E-state index in [2.05, 4.69) is 41.5 Å². The molecule has 0 saturated carbocycles. The first kappa shape index (κ1) is 5.98. The fraction of sp³-hybridized carbons (Fsp3) is 0.500. The maximum absolute atomic E-state index is 2.28. The Balaban J connectivity index is 2.19. The molecule has 0 radical (unpaired) electrons. The van der Waals surface area contributed by atoms with Gasteiger partial charge in [0.2, 0.25) is 0 Å². The summed E-state index contributed by atoms with van der Waals surface area (Å²) in [5.74, 6) is 0. The number of nitrogens with zero attached hydrogens (tertiary/aromatic N) is 2. The third kappa shape index (κ3) is 0.762. The Morgan fingerprint density at radius 1 is 1.40 bits per heavy atom. The van der Waals surface area contributed by atoms with E-state index in [0.717, 1.165) is 0 Å². The molecule has 2 nitrogen and oxygen atoms in total. The van der Waals surface area contributed by atoms with Gasteiger partial charge in [0, 0.05) is 19.8 Å². The number of hydrogen-bond donors (Lipinski definition) is 0. The monoisotopic (exact) mass is 136 g/mol. The van der Waals surface area contributed by atoms with E-state index in [9.17, 15) is 0 Å². The molecule has 1 saturated heterocycles. The molecule has 1 fully saturated rings. The third-order valence-corrected chi connectivity index (χ3v) is 2.17. The minimum Gasteiger partial charge on any atom is -0.306 e. The van der Waals surface area contributed by atoms with Crippen molar-refractivity contribution in [2.75, 3.05) is 13.6 Å². The Kier molecular flexibility index (Phi) is 1.27. The fourth-order valence-electron chi connectivity index (χ4n) is 1.56. The van der Waals surface area contributed by atoms with Gasteiger partial charge in [0.05, 0.1) is 6.04 Å². The molecule has 0 bridgehead atoms. The van der Waals surface area contributed by atoms with Crippen molar-refractivity contribution in [2.45, 2.75) is 12.5 Å². The lowest BCUT2D eigenvalue weighted by atomic mass is 10.2. The topological polar surface area (TPSA) is 6.48 Å². The van der Waals surface area contributed by atoms with E-state index < -0.39 is 0 Å². The largest absolute Gasteiger partial charge is 0.306 e. The van der Waals surface area contributed by atoms with Crippen LogP contribution in [0.5, 0.6) is 0 Å². The molecule has 2 aliphatic heterocycles. The first-order valence-electron chi connectivity index (χ1n) is 3.72. The molecule has 2 heterocycles. The molecule has 0 amide bonds. The van der Waals surface area contributed by atoms with E-state index >= 15 is 0 Å². The predicted octanol–water partition coefficient (Wildman–Crippen LogP) is 0.991. The standard InChI is InChI=1S/C8H12N2/c1-9-7-5-8-4-2-3-6-10(8)9/h2-4,6,8H,5,7H2,1H3. The molecule has 54 valence electrons. The summed E-state index contributed by atoms with van der Waals surface area (Å²) in [5.41, 5.74) is 0. The van der Waals surface area contributed by atoms with Gasteiger partial charge in [-0.3, -0.25) is 0 Å². The highest BCUT2D eigenvalue weighted by molar-refractivity contribution is 5.13. The summed E-state index contributed by atoms with van der Waals surface area (Å²) in [6.07, 6.45) is 9.86. The van der Waals surface area contributed by atoms with Crippen LogP contribution in [0, 0.1) is 0 Å². The second-order valence-corrected chi connectivity index (χ2v) is 2.84. The van der Waals surface area contributed by atoms with Crippen LogP contribution in [0.2, 0.25) is 0 Å². The summed E-state index contributed by atoms with van der Waals surface area (Å²) in [6.45, 7) is 1.18. The van der Waals surface area contributed by atoms with E-state index in [1.54, 1.807) is 0 Å². The molecule has 1 atom stereocenters. The highest BCUT2D eigenvalue weighted by atomic mass is 15.6. The second-order valence-electron chi connectivity index (χ2n) is 2.84. The maximum atomic E-state index is 2.28. The van der Waals surface area contributed by atoms with Gasteiger partial charge in [-0.15, -0.1) is 0 Å². The Bertz CT molecular complexity index is 184. The lowest BCUT2D eigenvalue weighted by molar-refractivity contribution is 0.0935. The molecule has 0 N–H and O–H groups in total. The molecular weight excluding hydrogens is 124 g/mol. The first-order chi connectivity index (χ1) is 4.88. The van der Waals surface area contributed by atoms with Gasteiger partial charge < -0.3 is 5.01 Å². The third-order valence-electron chi connectivity index (χ3n) is 2.17. The molecule has 0 aromatic carbocycles. The minimum atomic E-state index is 0.634. The SMILES string of the molecule is CN1CCC2C=CC=CN21. The van der Waals surface area contributed by atoms with Gasteiger partial charge >= 0.3 is 0 Å². The normalized spacial score (nSPS) is 31.3. The number of hydrazine groups is 1. The molecule has 0 aromatic heterocycles. The maximum Gasteiger partial charge on any atom is 0.0646 e. The van der Waals surface area contributed by atoms with Crippen LogP contribution in [0.15, 0.2) is 24.4 Å².